The van der Waals surface area contributed by atoms with E-state index in [4.69, 9.17) is 5.41 Å². The quantitative estimate of drug-likeness (QED) is 0.128. The first-order valence-corrected chi connectivity index (χ1v) is 17.2. The Balaban J connectivity index is 0.00000600. The van der Waals surface area contributed by atoms with Crippen LogP contribution in [0.4, 0.5) is 0 Å². The predicted molar refractivity (Wildman–Crippen MR) is 201 cm³/mol. The van der Waals surface area contributed by atoms with Crippen molar-refractivity contribution in [2.24, 2.45) is 52.3 Å². The van der Waals surface area contributed by atoms with Crippen LogP contribution in [0.15, 0.2) is 121 Å². The van der Waals surface area contributed by atoms with Gasteiger partial charge in [0.25, 0.3) is 0 Å². The molecule has 2 aromatic rings. The summed E-state index contributed by atoms with van der Waals surface area (Å²) in [6.07, 6.45) is 14.0. The van der Waals surface area contributed by atoms with Crippen LogP contribution < -0.4 is 0 Å². The van der Waals surface area contributed by atoms with Gasteiger partial charge in [-0.25, -0.2) is 0 Å². The molecule has 0 saturated carbocycles. The van der Waals surface area contributed by atoms with Gasteiger partial charge in [0, 0.05) is 39.0 Å². The molecule has 4 rings (SSSR count). The van der Waals surface area contributed by atoms with E-state index in [0.29, 0.717) is 11.4 Å². The van der Waals surface area contributed by atoms with Crippen LogP contribution in [0, 0.1) is 63.1 Å². The average Bonchev–Trinajstić information content (AvgIpc) is 3.04. The topological polar surface area (TPSA) is 47.7 Å². The van der Waals surface area contributed by atoms with Gasteiger partial charge in [-0.05, 0) is 64.7 Å². The Labute approximate surface area is 295 Å². The fraction of sp³-hybridized carbons (Fsp3) is 0.409. The minimum Gasteiger partial charge on any atom is -0.304 e. The number of allylic oxidation sites excluding steroid dienone is 10. The Hall–Kier alpha value is -3.29. The molecule has 0 aliphatic heterocycles. The maximum Gasteiger partial charge on any atom is 0.0573 e. The summed E-state index contributed by atoms with van der Waals surface area (Å²) in [6, 6.07) is 21.3. The summed E-state index contributed by atoms with van der Waals surface area (Å²) in [6.45, 7) is 29.4. The summed E-state index contributed by atoms with van der Waals surface area (Å²) in [5.74, 6) is 0.595. The van der Waals surface area contributed by atoms with Crippen molar-refractivity contribution in [1.82, 2.24) is 0 Å². The van der Waals surface area contributed by atoms with Crippen LogP contribution in [0.5, 0.6) is 0 Å². The van der Waals surface area contributed by atoms with E-state index in [2.05, 4.69) is 166 Å². The normalized spacial score (nSPS) is 25.0. The van der Waals surface area contributed by atoms with Gasteiger partial charge < -0.3 is 10.8 Å². The Morgan fingerprint density at radius 1 is 0.638 bits per heavy atom. The maximum absolute atomic E-state index is 9.97. The van der Waals surface area contributed by atoms with E-state index in [9.17, 15) is 5.41 Å². The van der Waals surface area contributed by atoms with Gasteiger partial charge in [-0.2, -0.15) is 0 Å². The molecule has 252 valence electrons. The number of benzene rings is 2. The fourth-order valence-electron chi connectivity index (χ4n) is 8.72. The maximum atomic E-state index is 9.97. The smallest absolute Gasteiger partial charge is 0.0573 e. The molecule has 2 aliphatic rings. The summed E-state index contributed by atoms with van der Waals surface area (Å²) in [5, 5.41) is 19.0. The van der Waals surface area contributed by atoms with E-state index in [1.54, 1.807) is 6.92 Å². The third-order valence-electron chi connectivity index (χ3n) is 10.7. The van der Waals surface area contributed by atoms with Gasteiger partial charge in [0.1, 0.15) is 0 Å². The van der Waals surface area contributed by atoms with Gasteiger partial charge in [-0.3, -0.25) is 0 Å². The van der Waals surface area contributed by atoms with Crippen LogP contribution in [0.2, 0.25) is 0 Å². The summed E-state index contributed by atoms with van der Waals surface area (Å²) in [7, 11) is 0. The molecule has 2 nitrogen and oxygen atoms in total. The van der Waals surface area contributed by atoms with Crippen LogP contribution >= 0.6 is 0 Å². The molecule has 2 N–H and O–H groups in total. The standard InChI is InChI=1S/C44H56N2.Ni/c1-12-43(37(28(3)4)24-35(25-38(43)29(5)6)33-20-16-14-17-21-33)42(41(46)32(11)45)44(13-2)39(30(7)8)26-36(27-40(44)31(9)10)34-22-18-15-19-23-34;/h12-31,37,39,42,45-46H,1-2H2,3-11H3;. The summed E-state index contributed by atoms with van der Waals surface area (Å²) in [5.41, 5.74) is 6.83. The monoisotopic (exact) mass is 670 g/mol. The second kappa shape index (κ2) is 15.3. The molecular formula is C44H56N2Ni. The summed E-state index contributed by atoms with van der Waals surface area (Å²) >= 11 is 0. The van der Waals surface area contributed by atoms with Crippen molar-refractivity contribution < 1.29 is 16.5 Å². The van der Waals surface area contributed by atoms with Crippen LogP contribution in [-0.4, -0.2) is 11.4 Å². The summed E-state index contributed by atoms with van der Waals surface area (Å²) < 4.78 is 0. The zero-order valence-electron chi connectivity index (χ0n) is 30.0. The Morgan fingerprint density at radius 3 is 1.23 bits per heavy atom. The minimum atomic E-state index is -0.632. The second-order valence-electron chi connectivity index (χ2n) is 14.8. The minimum absolute atomic E-state index is 0. The molecule has 0 saturated heterocycles. The zero-order valence-corrected chi connectivity index (χ0v) is 31.0. The van der Waals surface area contributed by atoms with Gasteiger partial charge in [-0.1, -0.05) is 164 Å². The molecular weight excluding hydrogens is 615 g/mol. The van der Waals surface area contributed by atoms with Crippen LogP contribution in [-0.2, 0) is 16.5 Å². The van der Waals surface area contributed by atoms with Crippen molar-refractivity contribution in [3.8, 4) is 0 Å². The molecule has 2 aromatic carbocycles. The zero-order chi connectivity index (χ0) is 34.0. The third-order valence-corrected chi connectivity index (χ3v) is 10.7. The predicted octanol–water partition coefficient (Wildman–Crippen LogP) is 11.9. The van der Waals surface area contributed by atoms with Crippen molar-refractivity contribution in [2.75, 3.05) is 0 Å². The molecule has 47 heavy (non-hydrogen) atoms. The third kappa shape index (κ3) is 6.71. The molecule has 0 amide bonds. The molecule has 2 aliphatic carbocycles. The van der Waals surface area contributed by atoms with Crippen molar-refractivity contribution in [3.63, 3.8) is 0 Å². The molecule has 0 radical (unpaired) electrons. The first-order chi connectivity index (χ1) is 21.8. The van der Waals surface area contributed by atoms with E-state index in [1.807, 2.05) is 0 Å². The molecule has 0 bridgehead atoms. The molecule has 4 unspecified atom stereocenters. The van der Waals surface area contributed by atoms with E-state index in [-0.39, 0.29) is 52.0 Å². The van der Waals surface area contributed by atoms with Crippen LogP contribution in [0.25, 0.3) is 11.1 Å². The van der Waals surface area contributed by atoms with Gasteiger partial charge in [-0.15, -0.1) is 13.2 Å². The van der Waals surface area contributed by atoms with Crippen molar-refractivity contribution >= 4 is 22.6 Å². The van der Waals surface area contributed by atoms with Gasteiger partial charge in [0.15, 0.2) is 0 Å². The fourth-order valence-corrected chi connectivity index (χ4v) is 8.72. The Morgan fingerprint density at radius 2 is 0.979 bits per heavy atom. The molecule has 0 heterocycles. The number of rotatable bonds is 12. The second-order valence-corrected chi connectivity index (χ2v) is 14.8. The first kappa shape index (κ1) is 38.2. The van der Waals surface area contributed by atoms with Crippen LogP contribution in [0.1, 0.15) is 73.4 Å². The van der Waals surface area contributed by atoms with Crippen molar-refractivity contribution in [3.05, 3.63) is 133 Å². The SMILES string of the molecule is C=CC1(C(C(=N)C(C)=N)C2(C=C)C(C(C)C)=CC(c3ccccc3)=CC2C(C)C)C(C(C)C)=CC(c2ccccc2)=CC1C(C)C.[Ni]. The largest absolute Gasteiger partial charge is 0.304 e. The van der Waals surface area contributed by atoms with Gasteiger partial charge in [0.2, 0.25) is 0 Å². The molecule has 0 fully saturated rings. The van der Waals surface area contributed by atoms with E-state index >= 15 is 0 Å². The molecule has 4 atom stereocenters. The van der Waals surface area contributed by atoms with Crippen molar-refractivity contribution in [1.29, 1.82) is 10.8 Å². The number of hydrogen-bond acceptors (Lipinski definition) is 2. The molecule has 0 aromatic heterocycles. The Bertz CT molecular complexity index is 1480. The molecule has 0 spiro atoms. The van der Waals surface area contributed by atoms with Gasteiger partial charge >= 0.3 is 0 Å². The van der Waals surface area contributed by atoms with Crippen LogP contribution in [0.3, 0.4) is 0 Å². The number of nitrogens with one attached hydrogen (secondary N) is 2. The average molecular weight is 672 g/mol. The number of hydrogen-bond donors (Lipinski definition) is 2. The van der Waals surface area contributed by atoms with E-state index in [1.165, 1.54) is 33.4 Å². The van der Waals surface area contributed by atoms with Gasteiger partial charge in [0.05, 0.1) is 5.71 Å². The Kier molecular flexibility index (Phi) is 12.4. The molecule has 3 heteroatoms. The first-order valence-electron chi connectivity index (χ1n) is 17.2. The van der Waals surface area contributed by atoms with Crippen molar-refractivity contribution in [2.45, 2.75) is 62.3 Å². The summed E-state index contributed by atoms with van der Waals surface area (Å²) in [4.78, 5) is 0. The van der Waals surface area contributed by atoms with E-state index in [0.717, 1.165) is 0 Å². The van der Waals surface area contributed by atoms with E-state index < -0.39 is 16.7 Å².